The highest BCUT2D eigenvalue weighted by atomic mass is 16.6. The molecule has 2 N–H and O–H groups in total. The van der Waals surface area contributed by atoms with Gasteiger partial charge < -0.3 is 15.4 Å². The number of ether oxygens (including phenoxy) is 1. The van der Waals surface area contributed by atoms with Gasteiger partial charge in [0.2, 0.25) is 5.82 Å². The van der Waals surface area contributed by atoms with E-state index in [0.717, 1.165) is 32.8 Å². The van der Waals surface area contributed by atoms with E-state index < -0.39 is 4.92 Å². The van der Waals surface area contributed by atoms with Crippen LogP contribution < -0.4 is 10.6 Å². The Morgan fingerprint density at radius 1 is 1.24 bits per heavy atom. The van der Waals surface area contributed by atoms with Crippen molar-refractivity contribution < 1.29 is 9.66 Å². The number of nitrogens with one attached hydrogen (secondary N) is 2. The van der Waals surface area contributed by atoms with E-state index in [1.165, 1.54) is 6.07 Å². The maximum absolute atomic E-state index is 11.2. The van der Waals surface area contributed by atoms with E-state index in [2.05, 4.69) is 30.5 Å². The molecular formula is C15H19N7O3. The first-order valence-corrected chi connectivity index (χ1v) is 7.95. The minimum absolute atomic E-state index is 0.0633. The number of hydrogen-bond acceptors (Lipinski definition) is 9. The van der Waals surface area contributed by atoms with E-state index in [0.29, 0.717) is 18.2 Å². The predicted molar refractivity (Wildman–Crippen MR) is 92.0 cm³/mol. The zero-order valence-electron chi connectivity index (χ0n) is 13.6. The van der Waals surface area contributed by atoms with Crippen LogP contribution in [0, 0.1) is 10.1 Å². The van der Waals surface area contributed by atoms with Gasteiger partial charge in [-0.2, -0.15) is 0 Å². The topological polar surface area (TPSA) is 118 Å². The molecule has 0 amide bonds. The minimum Gasteiger partial charge on any atom is -0.379 e. The van der Waals surface area contributed by atoms with Crippen molar-refractivity contribution >= 4 is 23.1 Å². The SMILES string of the molecule is O=[N+]([O-])c1ccc(Nc2cnccn2)nc1NCCN1CCOCC1. The summed E-state index contributed by atoms with van der Waals surface area (Å²) in [4.78, 5) is 25.4. The van der Waals surface area contributed by atoms with Crippen molar-refractivity contribution in [3.05, 3.63) is 40.8 Å². The summed E-state index contributed by atoms with van der Waals surface area (Å²) < 4.78 is 5.30. The minimum atomic E-state index is -0.448. The summed E-state index contributed by atoms with van der Waals surface area (Å²) in [6, 6.07) is 2.96. The number of nitro groups is 1. The van der Waals surface area contributed by atoms with Crippen LogP contribution in [0.1, 0.15) is 0 Å². The average molecular weight is 345 g/mol. The van der Waals surface area contributed by atoms with Crippen LogP contribution in [0.2, 0.25) is 0 Å². The van der Waals surface area contributed by atoms with Crippen LogP contribution in [0.15, 0.2) is 30.7 Å². The van der Waals surface area contributed by atoms with E-state index >= 15 is 0 Å². The molecule has 0 radical (unpaired) electrons. The number of rotatable bonds is 7. The maximum atomic E-state index is 11.2. The quantitative estimate of drug-likeness (QED) is 0.564. The van der Waals surface area contributed by atoms with Crippen LogP contribution in [0.3, 0.4) is 0 Å². The van der Waals surface area contributed by atoms with Crippen molar-refractivity contribution in [2.45, 2.75) is 0 Å². The van der Waals surface area contributed by atoms with Gasteiger partial charge in [-0.15, -0.1) is 0 Å². The summed E-state index contributed by atoms with van der Waals surface area (Å²) in [6.45, 7) is 4.50. The molecule has 0 saturated carbocycles. The van der Waals surface area contributed by atoms with Crippen LogP contribution in [0.4, 0.5) is 23.1 Å². The number of morpholine rings is 1. The maximum Gasteiger partial charge on any atom is 0.311 e. The van der Waals surface area contributed by atoms with Crippen LogP contribution in [-0.2, 0) is 4.74 Å². The lowest BCUT2D eigenvalue weighted by atomic mass is 10.3. The zero-order chi connectivity index (χ0) is 17.5. The van der Waals surface area contributed by atoms with Gasteiger partial charge in [-0.3, -0.25) is 20.0 Å². The highest BCUT2D eigenvalue weighted by Crippen LogP contribution is 2.24. The largest absolute Gasteiger partial charge is 0.379 e. The summed E-state index contributed by atoms with van der Waals surface area (Å²) in [5, 5.41) is 17.2. The molecule has 10 nitrogen and oxygen atoms in total. The van der Waals surface area contributed by atoms with Gasteiger partial charge in [0.25, 0.3) is 0 Å². The van der Waals surface area contributed by atoms with Gasteiger partial charge in [0.05, 0.1) is 24.3 Å². The summed E-state index contributed by atoms with van der Waals surface area (Å²) in [5.74, 6) is 1.20. The first kappa shape index (κ1) is 17.0. The normalized spacial score (nSPS) is 14.9. The Labute approximate surface area is 144 Å². The number of pyridine rings is 1. The van der Waals surface area contributed by atoms with Crippen LogP contribution >= 0.6 is 0 Å². The van der Waals surface area contributed by atoms with Crippen LogP contribution in [0.5, 0.6) is 0 Å². The van der Waals surface area contributed by atoms with Crippen LogP contribution in [-0.4, -0.2) is 64.2 Å². The zero-order valence-corrected chi connectivity index (χ0v) is 13.6. The molecule has 0 atom stereocenters. The van der Waals surface area contributed by atoms with Gasteiger partial charge in [-0.25, -0.2) is 9.97 Å². The van der Waals surface area contributed by atoms with Gasteiger partial charge in [-0.05, 0) is 6.07 Å². The standard InChI is InChI=1S/C15H19N7O3/c23-22(24)12-1-2-13(19-14-11-16-3-4-17-14)20-15(12)18-5-6-21-7-9-25-10-8-21/h1-4,11H,5-10H2,(H2,17,18,19,20). The van der Waals surface area contributed by atoms with E-state index in [1.54, 1.807) is 24.7 Å². The van der Waals surface area contributed by atoms with E-state index in [4.69, 9.17) is 4.74 Å². The Morgan fingerprint density at radius 2 is 2.08 bits per heavy atom. The van der Waals surface area contributed by atoms with Gasteiger partial charge in [0, 0.05) is 44.6 Å². The fourth-order valence-electron chi connectivity index (χ4n) is 2.45. The van der Waals surface area contributed by atoms with E-state index in [-0.39, 0.29) is 11.5 Å². The van der Waals surface area contributed by atoms with Gasteiger partial charge in [-0.1, -0.05) is 0 Å². The fourth-order valence-corrected chi connectivity index (χ4v) is 2.45. The predicted octanol–water partition coefficient (Wildman–Crippen LogP) is 1.27. The molecule has 1 fully saturated rings. The third-order valence-corrected chi connectivity index (χ3v) is 3.71. The third-order valence-electron chi connectivity index (χ3n) is 3.71. The Kier molecular flexibility index (Phi) is 5.65. The molecule has 25 heavy (non-hydrogen) atoms. The second-order valence-electron chi connectivity index (χ2n) is 5.42. The molecule has 2 aromatic heterocycles. The van der Waals surface area contributed by atoms with Gasteiger partial charge in [0.1, 0.15) is 11.6 Å². The number of hydrogen-bond donors (Lipinski definition) is 2. The Bertz CT molecular complexity index is 708. The lowest BCUT2D eigenvalue weighted by Gasteiger charge is -2.26. The van der Waals surface area contributed by atoms with Crippen molar-refractivity contribution in [3.8, 4) is 0 Å². The van der Waals surface area contributed by atoms with E-state index in [9.17, 15) is 10.1 Å². The first-order chi connectivity index (χ1) is 12.2. The van der Waals surface area contributed by atoms with Gasteiger partial charge >= 0.3 is 5.69 Å². The van der Waals surface area contributed by atoms with Crippen molar-refractivity contribution in [2.24, 2.45) is 0 Å². The molecule has 10 heteroatoms. The Morgan fingerprint density at radius 3 is 2.80 bits per heavy atom. The molecule has 0 spiro atoms. The second kappa shape index (κ2) is 8.31. The Balaban J connectivity index is 1.66. The molecule has 0 bridgehead atoms. The second-order valence-corrected chi connectivity index (χ2v) is 5.42. The molecule has 0 unspecified atom stereocenters. The number of anilines is 3. The lowest BCUT2D eigenvalue weighted by Crippen LogP contribution is -2.39. The fraction of sp³-hybridized carbons (Fsp3) is 0.400. The molecule has 1 saturated heterocycles. The third kappa shape index (κ3) is 4.81. The van der Waals surface area contributed by atoms with Crippen molar-refractivity contribution in [3.63, 3.8) is 0 Å². The highest BCUT2D eigenvalue weighted by Gasteiger charge is 2.17. The van der Waals surface area contributed by atoms with E-state index in [1.807, 2.05) is 0 Å². The number of nitrogens with zero attached hydrogens (tertiary/aromatic N) is 5. The summed E-state index contributed by atoms with van der Waals surface area (Å²) >= 11 is 0. The van der Waals surface area contributed by atoms with Crippen molar-refractivity contribution in [1.29, 1.82) is 0 Å². The van der Waals surface area contributed by atoms with Crippen molar-refractivity contribution in [1.82, 2.24) is 19.9 Å². The number of aromatic nitrogens is 3. The molecule has 3 rings (SSSR count). The Hall–Kier alpha value is -2.85. The molecule has 1 aliphatic heterocycles. The summed E-state index contributed by atoms with van der Waals surface area (Å²) in [7, 11) is 0. The average Bonchev–Trinajstić information content (AvgIpc) is 2.63. The molecule has 2 aromatic rings. The highest BCUT2D eigenvalue weighted by molar-refractivity contribution is 5.62. The lowest BCUT2D eigenvalue weighted by molar-refractivity contribution is -0.384. The first-order valence-electron chi connectivity index (χ1n) is 7.95. The summed E-state index contributed by atoms with van der Waals surface area (Å²) in [5.41, 5.74) is -0.0633. The molecule has 0 aliphatic carbocycles. The van der Waals surface area contributed by atoms with Crippen LogP contribution in [0.25, 0.3) is 0 Å². The molecule has 132 valence electrons. The molecule has 1 aliphatic rings. The summed E-state index contributed by atoms with van der Waals surface area (Å²) in [6.07, 6.45) is 4.66. The molecule has 0 aromatic carbocycles. The smallest absolute Gasteiger partial charge is 0.311 e. The molecular weight excluding hydrogens is 326 g/mol. The van der Waals surface area contributed by atoms with Crippen molar-refractivity contribution in [2.75, 3.05) is 50.0 Å². The molecule has 3 heterocycles. The van der Waals surface area contributed by atoms with Gasteiger partial charge in [0.15, 0.2) is 0 Å². The monoisotopic (exact) mass is 345 g/mol.